The zero-order chi connectivity index (χ0) is 12.7. The van der Waals surface area contributed by atoms with E-state index in [4.69, 9.17) is 0 Å². The second-order valence-electron chi connectivity index (χ2n) is 4.15. The summed E-state index contributed by atoms with van der Waals surface area (Å²) in [5.41, 5.74) is 0. The van der Waals surface area contributed by atoms with E-state index in [2.05, 4.69) is 9.71 Å². The van der Waals surface area contributed by atoms with E-state index in [-0.39, 0.29) is 11.8 Å². The Hall–Kier alpha value is -0.880. The van der Waals surface area contributed by atoms with Crippen LogP contribution >= 0.6 is 0 Å². The number of hydrogen-bond donors (Lipinski definition) is 1. The first-order valence-corrected chi connectivity index (χ1v) is 7.68. The molecule has 0 aliphatic heterocycles. The van der Waals surface area contributed by atoms with Crippen molar-refractivity contribution in [2.24, 2.45) is 0 Å². The van der Waals surface area contributed by atoms with Crippen molar-refractivity contribution in [2.45, 2.75) is 45.7 Å². The molecule has 98 valence electrons. The van der Waals surface area contributed by atoms with Crippen molar-refractivity contribution < 1.29 is 8.42 Å². The minimum atomic E-state index is -3.14. The van der Waals surface area contributed by atoms with Crippen molar-refractivity contribution in [1.29, 1.82) is 0 Å². The lowest BCUT2D eigenvalue weighted by Crippen LogP contribution is -2.38. The summed E-state index contributed by atoms with van der Waals surface area (Å²) in [7, 11) is -3.14. The predicted molar refractivity (Wildman–Crippen MR) is 68.1 cm³/mol. The summed E-state index contributed by atoms with van der Waals surface area (Å²) in [5.74, 6) is 0.212. The smallest absolute Gasteiger partial charge is 0.211 e. The first kappa shape index (κ1) is 14.2. The molecule has 5 nitrogen and oxygen atoms in total. The van der Waals surface area contributed by atoms with Crippen LogP contribution in [0.15, 0.2) is 18.7 Å². The van der Waals surface area contributed by atoms with Crippen LogP contribution < -0.4 is 4.72 Å². The van der Waals surface area contributed by atoms with Gasteiger partial charge in [-0.1, -0.05) is 20.3 Å². The predicted octanol–water partition coefficient (Wildman–Crippen LogP) is 1.38. The van der Waals surface area contributed by atoms with Crippen molar-refractivity contribution in [2.75, 3.05) is 5.75 Å². The Morgan fingerprint density at radius 3 is 2.71 bits per heavy atom. The third kappa shape index (κ3) is 5.32. The molecule has 0 saturated heterocycles. The number of imidazole rings is 1. The molecule has 0 saturated carbocycles. The van der Waals surface area contributed by atoms with Crippen LogP contribution in [0.5, 0.6) is 0 Å². The van der Waals surface area contributed by atoms with Crippen LogP contribution in [0.25, 0.3) is 0 Å². The van der Waals surface area contributed by atoms with Crippen molar-refractivity contribution in [1.82, 2.24) is 14.3 Å². The fourth-order valence-electron chi connectivity index (χ4n) is 1.55. The van der Waals surface area contributed by atoms with Crippen molar-refractivity contribution in [3.63, 3.8) is 0 Å². The number of unbranched alkanes of at least 4 members (excludes halogenated alkanes) is 1. The first-order chi connectivity index (χ1) is 8.07. The molecule has 1 unspecified atom stereocenters. The van der Waals surface area contributed by atoms with Gasteiger partial charge in [0.15, 0.2) is 0 Å². The summed E-state index contributed by atoms with van der Waals surface area (Å²) in [5, 5.41) is 0. The van der Waals surface area contributed by atoms with E-state index in [0.29, 0.717) is 13.0 Å². The van der Waals surface area contributed by atoms with E-state index in [9.17, 15) is 8.42 Å². The summed E-state index contributed by atoms with van der Waals surface area (Å²) >= 11 is 0. The molecule has 0 aliphatic rings. The Morgan fingerprint density at radius 2 is 2.18 bits per heavy atom. The lowest BCUT2D eigenvalue weighted by molar-refractivity contribution is 0.484. The van der Waals surface area contributed by atoms with Crippen LogP contribution in [0.1, 0.15) is 33.1 Å². The van der Waals surface area contributed by atoms with E-state index in [0.717, 1.165) is 12.8 Å². The molecule has 0 radical (unpaired) electrons. The van der Waals surface area contributed by atoms with Gasteiger partial charge in [0.05, 0.1) is 12.1 Å². The molecular formula is C11H21N3O2S. The Kier molecular flexibility index (Phi) is 5.64. The van der Waals surface area contributed by atoms with Gasteiger partial charge in [0, 0.05) is 25.0 Å². The van der Waals surface area contributed by atoms with Crippen LogP contribution in [0.3, 0.4) is 0 Å². The number of nitrogens with zero attached hydrogens (tertiary/aromatic N) is 2. The number of nitrogens with one attached hydrogen (secondary N) is 1. The molecule has 0 bridgehead atoms. The second kappa shape index (κ2) is 6.76. The highest BCUT2D eigenvalue weighted by Gasteiger charge is 2.16. The van der Waals surface area contributed by atoms with Gasteiger partial charge in [0.25, 0.3) is 0 Å². The van der Waals surface area contributed by atoms with E-state index in [1.54, 1.807) is 12.5 Å². The minimum Gasteiger partial charge on any atom is -0.336 e. The van der Waals surface area contributed by atoms with Crippen LogP contribution in [0.2, 0.25) is 0 Å². The fraction of sp³-hybridized carbons (Fsp3) is 0.727. The molecule has 1 heterocycles. The van der Waals surface area contributed by atoms with Gasteiger partial charge in [-0.3, -0.25) is 0 Å². The monoisotopic (exact) mass is 259 g/mol. The number of aromatic nitrogens is 2. The molecule has 1 aromatic heterocycles. The summed E-state index contributed by atoms with van der Waals surface area (Å²) < 4.78 is 28.1. The van der Waals surface area contributed by atoms with E-state index in [1.165, 1.54) is 0 Å². The van der Waals surface area contributed by atoms with E-state index >= 15 is 0 Å². The van der Waals surface area contributed by atoms with Gasteiger partial charge >= 0.3 is 0 Å². The minimum absolute atomic E-state index is 0.0638. The lowest BCUT2D eigenvalue weighted by Gasteiger charge is -2.17. The highest BCUT2D eigenvalue weighted by Crippen LogP contribution is 2.01. The van der Waals surface area contributed by atoms with Gasteiger partial charge < -0.3 is 4.57 Å². The summed E-state index contributed by atoms with van der Waals surface area (Å²) in [4.78, 5) is 3.94. The fourth-order valence-corrected chi connectivity index (χ4v) is 3.08. The van der Waals surface area contributed by atoms with Crippen LogP contribution in [-0.4, -0.2) is 29.8 Å². The molecule has 0 aromatic carbocycles. The molecule has 1 atom stereocenters. The first-order valence-electron chi connectivity index (χ1n) is 6.03. The quantitative estimate of drug-likeness (QED) is 0.767. The molecule has 6 heteroatoms. The SMILES string of the molecule is CCCCS(=O)(=O)NC(CC)Cn1ccnc1. The van der Waals surface area contributed by atoms with Crippen LogP contribution in [0, 0.1) is 0 Å². The van der Waals surface area contributed by atoms with Crippen molar-refractivity contribution >= 4 is 10.0 Å². The molecule has 1 N–H and O–H groups in total. The van der Waals surface area contributed by atoms with E-state index in [1.807, 2.05) is 24.6 Å². The highest BCUT2D eigenvalue weighted by atomic mass is 32.2. The number of sulfonamides is 1. The molecule has 0 spiro atoms. The van der Waals surface area contributed by atoms with Gasteiger partial charge in [0.2, 0.25) is 10.0 Å². The Bertz CT molecular complexity index is 400. The topological polar surface area (TPSA) is 64.0 Å². The van der Waals surface area contributed by atoms with Gasteiger partial charge in [0.1, 0.15) is 0 Å². The van der Waals surface area contributed by atoms with Gasteiger partial charge in [-0.05, 0) is 12.8 Å². The average Bonchev–Trinajstić information content (AvgIpc) is 2.78. The Balaban J connectivity index is 2.51. The number of rotatable bonds is 8. The maximum atomic E-state index is 11.8. The molecule has 1 rings (SSSR count). The lowest BCUT2D eigenvalue weighted by atomic mass is 10.2. The normalized spacial score (nSPS) is 13.8. The second-order valence-corrected chi connectivity index (χ2v) is 6.03. The van der Waals surface area contributed by atoms with Crippen LogP contribution in [0.4, 0.5) is 0 Å². The zero-order valence-corrected chi connectivity index (χ0v) is 11.3. The van der Waals surface area contributed by atoms with Crippen LogP contribution in [-0.2, 0) is 16.6 Å². The van der Waals surface area contributed by atoms with Crippen molar-refractivity contribution in [3.8, 4) is 0 Å². The zero-order valence-electron chi connectivity index (χ0n) is 10.5. The molecule has 1 aromatic rings. The maximum absolute atomic E-state index is 11.8. The summed E-state index contributed by atoms with van der Waals surface area (Å²) in [6.45, 7) is 4.59. The molecule has 0 fully saturated rings. The Morgan fingerprint density at radius 1 is 1.41 bits per heavy atom. The largest absolute Gasteiger partial charge is 0.336 e. The molecule has 17 heavy (non-hydrogen) atoms. The van der Waals surface area contributed by atoms with Gasteiger partial charge in [-0.2, -0.15) is 0 Å². The third-order valence-electron chi connectivity index (χ3n) is 2.60. The molecule has 0 aliphatic carbocycles. The summed E-state index contributed by atoms with van der Waals surface area (Å²) in [6.07, 6.45) is 7.59. The third-order valence-corrected chi connectivity index (χ3v) is 4.11. The number of hydrogen-bond acceptors (Lipinski definition) is 3. The average molecular weight is 259 g/mol. The maximum Gasteiger partial charge on any atom is 0.211 e. The standard InChI is InChI=1S/C11H21N3O2S/c1-3-5-8-17(15,16)13-11(4-2)9-14-7-6-12-10-14/h6-7,10-11,13H,3-5,8-9H2,1-2H3. The molecule has 0 amide bonds. The van der Waals surface area contributed by atoms with Crippen molar-refractivity contribution in [3.05, 3.63) is 18.7 Å². The Labute approximate surface area is 103 Å². The highest BCUT2D eigenvalue weighted by molar-refractivity contribution is 7.89. The van der Waals surface area contributed by atoms with Gasteiger partial charge in [-0.15, -0.1) is 0 Å². The molecular weight excluding hydrogens is 238 g/mol. The van der Waals surface area contributed by atoms with Gasteiger partial charge in [-0.25, -0.2) is 18.1 Å². The van der Waals surface area contributed by atoms with E-state index < -0.39 is 10.0 Å². The summed E-state index contributed by atoms with van der Waals surface area (Å²) in [6, 6.07) is -0.0638.